The summed E-state index contributed by atoms with van der Waals surface area (Å²) in [6.45, 7) is 5.68. The number of anilines is 2. The zero-order chi connectivity index (χ0) is 11.7. The number of nitrogen functional groups attached to an aromatic ring is 1. The Bertz CT molecular complexity index is 378. The van der Waals surface area contributed by atoms with Crippen LogP contribution >= 0.6 is 11.6 Å². The summed E-state index contributed by atoms with van der Waals surface area (Å²) in [4.78, 5) is 2.39. The third-order valence-electron chi connectivity index (χ3n) is 3.44. The molecule has 0 saturated carbocycles. The van der Waals surface area contributed by atoms with Crippen LogP contribution in [0.2, 0.25) is 5.02 Å². The molecule has 1 saturated heterocycles. The van der Waals surface area contributed by atoms with E-state index in [1.54, 1.807) is 0 Å². The van der Waals surface area contributed by atoms with E-state index >= 15 is 0 Å². The molecule has 2 unspecified atom stereocenters. The lowest BCUT2D eigenvalue weighted by Gasteiger charge is -2.38. The highest BCUT2D eigenvalue weighted by atomic mass is 35.5. The Balaban J connectivity index is 2.23. The minimum Gasteiger partial charge on any atom is -0.397 e. The van der Waals surface area contributed by atoms with Crippen LogP contribution in [-0.4, -0.2) is 12.6 Å². The van der Waals surface area contributed by atoms with Crippen LogP contribution in [0.25, 0.3) is 0 Å². The lowest BCUT2D eigenvalue weighted by atomic mass is 9.93. The van der Waals surface area contributed by atoms with E-state index in [9.17, 15) is 0 Å². The van der Waals surface area contributed by atoms with Crippen LogP contribution in [0.15, 0.2) is 18.2 Å². The first-order valence-corrected chi connectivity index (χ1v) is 6.27. The predicted octanol–water partition coefficient (Wildman–Crippen LogP) is 3.55. The summed E-state index contributed by atoms with van der Waals surface area (Å²) >= 11 is 5.92. The molecule has 2 atom stereocenters. The zero-order valence-corrected chi connectivity index (χ0v) is 10.7. The summed E-state index contributed by atoms with van der Waals surface area (Å²) in [6, 6.07) is 6.34. The van der Waals surface area contributed by atoms with Crippen LogP contribution < -0.4 is 10.6 Å². The average molecular weight is 239 g/mol. The maximum Gasteiger partial charge on any atom is 0.0603 e. The molecular formula is C13H19ClN2. The van der Waals surface area contributed by atoms with Gasteiger partial charge in [-0.05, 0) is 43.9 Å². The minimum atomic E-state index is 0.562. The molecule has 2 nitrogen and oxygen atoms in total. The van der Waals surface area contributed by atoms with Crippen LogP contribution in [-0.2, 0) is 0 Å². The van der Waals surface area contributed by atoms with Crippen LogP contribution in [0, 0.1) is 5.92 Å². The maximum atomic E-state index is 6.02. The van der Waals surface area contributed by atoms with Gasteiger partial charge in [0.1, 0.15) is 0 Å². The van der Waals surface area contributed by atoms with Gasteiger partial charge in [0.25, 0.3) is 0 Å². The maximum absolute atomic E-state index is 6.02. The summed E-state index contributed by atoms with van der Waals surface area (Å²) in [5.41, 5.74) is 7.94. The Morgan fingerprint density at radius 1 is 1.38 bits per heavy atom. The number of nitrogens with zero attached hydrogens (tertiary/aromatic N) is 1. The smallest absolute Gasteiger partial charge is 0.0603 e. The van der Waals surface area contributed by atoms with Crippen molar-refractivity contribution in [1.82, 2.24) is 0 Å². The fourth-order valence-corrected chi connectivity index (χ4v) is 2.73. The van der Waals surface area contributed by atoms with Crippen molar-refractivity contribution in [1.29, 1.82) is 0 Å². The molecule has 1 aromatic rings. The van der Waals surface area contributed by atoms with Crippen molar-refractivity contribution in [2.24, 2.45) is 5.92 Å². The van der Waals surface area contributed by atoms with E-state index in [4.69, 9.17) is 17.3 Å². The van der Waals surface area contributed by atoms with Gasteiger partial charge in [-0.2, -0.15) is 0 Å². The van der Waals surface area contributed by atoms with E-state index in [-0.39, 0.29) is 0 Å². The third kappa shape index (κ3) is 2.27. The van der Waals surface area contributed by atoms with Crippen molar-refractivity contribution in [3.8, 4) is 0 Å². The van der Waals surface area contributed by atoms with Crippen molar-refractivity contribution in [3.05, 3.63) is 23.2 Å². The Morgan fingerprint density at radius 3 is 2.75 bits per heavy atom. The van der Waals surface area contributed by atoms with Crippen LogP contribution in [0.3, 0.4) is 0 Å². The monoisotopic (exact) mass is 238 g/mol. The van der Waals surface area contributed by atoms with E-state index in [1.807, 2.05) is 18.2 Å². The molecule has 0 radical (unpaired) electrons. The van der Waals surface area contributed by atoms with Gasteiger partial charge in [-0.25, -0.2) is 0 Å². The fraction of sp³-hybridized carbons (Fsp3) is 0.538. The normalized spacial score (nSPS) is 25.8. The van der Waals surface area contributed by atoms with E-state index in [0.29, 0.717) is 11.1 Å². The Morgan fingerprint density at radius 2 is 2.12 bits per heavy atom. The summed E-state index contributed by atoms with van der Waals surface area (Å²) in [7, 11) is 0. The number of piperidine rings is 1. The van der Waals surface area contributed by atoms with Crippen LogP contribution in [0.4, 0.5) is 11.4 Å². The molecular weight excluding hydrogens is 220 g/mol. The molecule has 0 bridgehead atoms. The van der Waals surface area contributed by atoms with Gasteiger partial charge in [-0.1, -0.05) is 18.5 Å². The second-order valence-electron chi connectivity index (χ2n) is 4.88. The summed E-state index contributed by atoms with van der Waals surface area (Å²) < 4.78 is 0. The lowest BCUT2D eigenvalue weighted by molar-refractivity contribution is 0.378. The van der Waals surface area contributed by atoms with E-state index in [2.05, 4.69) is 18.7 Å². The predicted molar refractivity (Wildman–Crippen MR) is 71.1 cm³/mol. The highest BCUT2D eigenvalue weighted by Crippen LogP contribution is 2.32. The SMILES string of the molecule is CC1CCN(c2ccc(Cl)cc2N)C(C)C1. The van der Waals surface area contributed by atoms with E-state index in [1.165, 1.54) is 12.8 Å². The van der Waals surface area contributed by atoms with E-state index < -0.39 is 0 Å². The third-order valence-corrected chi connectivity index (χ3v) is 3.67. The molecule has 1 aliphatic heterocycles. The summed E-state index contributed by atoms with van der Waals surface area (Å²) in [5, 5.41) is 0.708. The number of nitrogens with two attached hydrogens (primary N) is 1. The molecule has 1 aliphatic rings. The molecule has 0 aromatic heterocycles. The standard InChI is InChI=1S/C13H19ClN2/c1-9-5-6-16(10(2)7-9)13-4-3-11(14)8-12(13)15/h3-4,8-10H,5-7,15H2,1-2H3. The van der Waals surface area contributed by atoms with Crippen molar-refractivity contribution in [2.45, 2.75) is 32.7 Å². The molecule has 0 spiro atoms. The van der Waals surface area contributed by atoms with Crippen molar-refractivity contribution in [2.75, 3.05) is 17.2 Å². The van der Waals surface area contributed by atoms with Gasteiger partial charge in [0, 0.05) is 17.6 Å². The number of hydrogen-bond donors (Lipinski definition) is 1. The topological polar surface area (TPSA) is 29.3 Å². The highest BCUT2D eigenvalue weighted by Gasteiger charge is 2.24. The number of hydrogen-bond acceptors (Lipinski definition) is 2. The van der Waals surface area contributed by atoms with Gasteiger partial charge >= 0.3 is 0 Å². The molecule has 1 aromatic carbocycles. The van der Waals surface area contributed by atoms with E-state index in [0.717, 1.165) is 23.8 Å². The quantitative estimate of drug-likeness (QED) is 0.759. The average Bonchev–Trinajstić information content (AvgIpc) is 2.19. The number of rotatable bonds is 1. The van der Waals surface area contributed by atoms with Gasteiger partial charge in [-0.3, -0.25) is 0 Å². The molecule has 1 heterocycles. The van der Waals surface area contributed by atoms with Gasteiger partial charge in [0.2, 0.25) is 0 Å². The van der Waals surface area contributed by atoms with Crippen molar-refractivity contribution < 1.29 is 0 Å². The second-order valence-corrected chi connectivity index (χ2v) is 5.31. The van der Waals surface area contributed by atoms with Crippen LogP contribution in [0.1, 0.15) is 26.7 Å². The molecule has 1 fully saturated rings. The number of halogens is 1. The first-order valence-electron chi connectivity index (χ1n) is 5.89. The molecule has 3 heteroatoms. The van der Waals surface area contributed by atoms with Gasteiger partial charge in [0.05, 0.1) is 11.4 Å². The molecule has 0 aliphatic carbocycles. The largest absolute Gasteiger partial charge is 0.397 e. The fourth-order valence-electron chi connectivity index (χ4n) is 2.55. The van der Waals surface area contributed by atoms with Crippen LogP contribution in [0.5, 0.6) is 0 Å². The van der Waals surface area contributed by atoms with Gasteiger partial charge in [0.15, 0.2) is 0 Å². The lowest BCUT2D eigenvalue weighted by Crippen LogP contribution is -2.40. The molecule has 0 amide bonds. The Kier molecular flexibility index (Phi) is 3.29. The summed E-state index contributed by atoms with van der Waals surface area (Å²) in [6.07, 6.45) is 2.48. The van der Waals surface area contributed by atoms with Crippen molar-refractivity contribution >= 4 is 23.0 Å². The summed E-state index contributed by atoms with van der Waals surface area (Å²) in [5.74, 6) is 0.819. The Hall–Kier alpha value is -0.890. The zero-order valence-electron chi connectivity index (χ0n) is 9.91. The number of benzene rings is 1. The minimum absolute atomic E-state index is 0.562. The van der Waals surface area contributed by atoms with Gasteiger partial charge < -0.3 is 10.6 Å². The molecule has 16 heavy (non-hydrogen) atoms. The first-order chi connectivity index (χ1) is 7.58. The Labute approximate surface area is 102 Å². The van der Waals surface area contributed by atoms with Gasteiger partial charge in [-0.15, -0.1) is 0 Å². The molecule has 2 rings (SSSR count). The van der Waals surface area contributed by atoms with Crippen molar-refractivity contribution in [3.63, 3.8) is 0 Å². The molecule has 88 valence electrons. The first kappa shape index (κ1) is 11.6. The highest BCUT2D eigenvalue weighted by molar-refractivity contribution is 6.31. The second kappa shape index (κ2) is 4.54. The molecule has 2 N–H and O–H groups in total.